The first-order chi connectivity index (χ1) is 10.0. The molecular formula is C15H20N2O4. The van der Waals surface area contributed by atoms with Crippen molar-refractivity contribution in [2.75, 3.05) is 7.05 Å². The van der Waals surface area contributed by atoms with Gasteiger partial charge in [0.05, 0.1) is 6.54 Å². The third kappa shape index (κ3) is 4.52. The van der Waals surface area contributed by atoms with Crippen LogP contribution in [0.2, 0.25) is 0 Å². The average Bonchev–Trinajstić information content (AvgIpc) is 2.83. The van der Waals surface area contributed by atoms with Gasteiger partial charge >= 0.3 is 6.09 Å². The number of hydrogen-bond donors (Lipinski definition) is 3. The number of rotatable bonds is 4. The number of hydrogen-bond acceptors (Lipinski definition) is 2. The molecule has 2 aromatic rings. The first-order valence-electron chi connectivity index (χ1n) is 6.64. The van der Waals surface area contributed by atoms with Crippen molar-refractivity contribution in [2.45, 2.75) is 26.3 Å². The molecule has 1 amide bonds. The van der Waals surface area contributed by atoms with Crippen molar-refractivity contribution in [3.63, 3.8) is 0 Å². The van der Waals surface area contributed by atoms with Crippen molar-refractivity contribution in [3.05, 3.63) is 35.5 Å². The highest BCUT2D eigenvalue weighted by Gasteiger charge is 2.10. The first-order valence-corrected chi connectivity index (χ1v) is 6.64. The smallest absolute Gasteiger partial charge is 0.407 e. The van der Waals surface area contributed by atoms with Gasteiger partial charge in [0.1, 0.15) is 0 Å². The molecular weight excluding hydrogens is 272 g/mol. The molecule has 3 N–H and O–H groups in total. The molecule has 6 nitrogen and oxygen atoms in total. The van der Waals surface area contributed by atoms with Gasteiger partial charge in [-0.1, -0.05) is 19.4 Å². The lowest BCUT2D eigenvalue weighted by Gasteiger charge is -2.12. The molecule has 0 saturated carbocycles. The zero-order chi connectivity index (χ0) is 15.8. The molecule has 0 aliphatic carbocycles. The van der Waals surface area contributed by atoms with E-state index in [4.69, 9.17) is 15.0 Å². The minimum Gasteiger partial charge on any atom is -0.483 e. The van der Waals surface area contributed by atoms with Crippen molar-refractivity contribution in [3.8, 4) is 0 Å². The molecule has 0 aliphatic rings. The maximum atomic E-state index is 10.8. The third-order valence-electron chi connectivity index (χ3n) is 3.10. The van der Waals surface area contributed by atoms with Crippen molar-refractivity contribution >= 4 is 23.5 Å². The Bertz CT molecular complexity index is 607. The van der Waals surface area contributed by atoms with Gasteiger partial charge in [-0.2, -0.15) is 0 Å². The summed E-state index contributed by atoms with van der Waals surface area (Å²) < 4.78 is 0. The van der Waals surface area contributed by atoms with Crippen LogP contribution in [0.5, 0.6) is 0 Å². The van der Waals surface area contributed by atoms with E-state index in [0.29, 0.717) is 6.54 Å². The second-order valence-corrected chi connectivity index (χ2v) is 4.69. The van der Waals surface area contributed by atoms with Crippen LogP contribution in [0.15, 0.2) is 24.4 Å². The van der Waals surface area contributed by atoms with Gasteiger partial charge in [-0.25, -0.2) is 4.79 Å². The van der Waals surface area contributed by atoms with Crippen LogP contribution in [0.3, 0.4) is 0 Å². The molecule has 0 atom stereocenters. The SMILES string of the molecule is CCCc1ccc2[nH]cc(CN(C)C(=O)O)c2c1.O=CO. The maximum Gasteiger partial charge on any atom is 0.407 e. The summed E-state index contributed by atoms with van der Waals surface area (Å²) in [7, 11) is 1.58. The normalized spacial score (nSPS) is 9.81. The van der Waals surface area contributed by atoms with Gasteiger partial charge in [0.25, 0.3) is 6.47 Å². The molecule has 0 saturated heterocycles. The summed E-state index contributed by atoms with van der Waals surface area (Å²) in [6.45, 7) is 2.31. The second-order valence-electron chi connectivity index (χ2n) is 4.69. The Morgan fingerprint density at radius 2 is 2.10 bits per heavy atom. The predicted molar refractivity (Wildman–Crippen MR) is 80.5 cm³/mol. The minimum absolute atomic E-state index is 0.250. The number of carbonyl (C=O) groups is 2. The Labute approximate surface area is 123 Å². The Morgan fingerprint density at radius 3 is 2.67 bits per heavy atom. The largest absolute Gasteiger partial charge is 0.483 e. The monoisotopic (exact) mass is 292 g/mol. The number of nitrogens with zero attached hydrogens (tertiary/aromatic N) is 1. The number of nitrogens with one attached hydrogen (secondary N) is 1. The van der Waals surface area contributed by atoms with E-state index in [0.717, 1.165) is 29.3 Å². The van der Waals surface area contributed by atoms with Gasteiger partial charge < -0.3 is 20.1 Å². The van der Waals surface area contributed by atoms with E-state index in [9.17, 15) is 4.79 Å². The molecule has 0 radical (unpaired) electrons. The lowest BCUT2D eigenvalue weighted by molar-refractivity contribution is -0.122. The van der Waals surface area contributed by atoms with E-state index in [1.165, 1.54) is 10.5 Å². The zero-order valence-electron chi connectivity index (χ0n) is 12.2. The van der Waals surface area contributed by atoms with Crippen LogP contribution < -0.4 is 0 Å². The number of fused-ring (bicyclic) bond motifs is 1. The van der Waals surface area contributed by atoms with Gasteiger partial charge in [0.15, 0.2) is 0 Å². The number of carboxylic acid groups (broad SMARTS) is 2. The summed E-state index contributed by atoms with van der Waals surface area (Å²) in [5, 5.41) is 16.9. The molecule has 2 rings (SSSR count). The maximum absolute atomic E-state index is 10.8. The fraction of sp³-hybridized carbons (Fsp3) is 0.333. The highest BCUT2D eigenvalue weighted by Crippen LogP contribution is 2.21. The summed E-state index contributed by atoms with van der Waals surface area (Å²) in [4.78, 5) is 23.7. The number of aromatic nitrogens is 1. The Morgan fingerprint density at radius 1 is 1.43 bits per heavy atom. The number of H-pyrrole nitrogens is 1. The van der Waals surface area contributed by atoms with Gasteiger partial charge in [-0.15, -0.1) is 0 Å². The lowest BCUT2D eigenvalue weighted by atomic mass is 10.1. The van der Waals surface area contributed by atoms with Crippen LogP contribution in [0.4, 0.5) is 4.79 Å². The highest BCUT2D eigenvalue weighted by atomic mass is 16.4. The minimum atomic E-state index is -0.908. The van der Waals surface area contributed by atoms with E-state index in [-0.39, 0.29) is 6.47 Å². The molecule has 1 heterocycles. The van der Waals surface area contributed by atoms with Gasteiger partial charge in [-0.3, -0.25) is 4.79 Å². The number of aromatic amines is 1. The molecule has 1 aromatic carbocycles. The van der Waals surface area contributed by atoms with Gasteiger partial charge in [-0.05, 0) is 29.7 Å². The molecule has 0 bridgehead atoms. The van der Waals surface area contributed by atoms with Crippen LogP contribution in [-0.2, 0) is 17.8 Å². The topological polar surface area (TPSA) is 93.6 Å². The van der Waals surface area contributed by atoms with Crippen LogP contribution in [0.1, 0.15) is 24.5 Å². The Hall–Kier alpha value is -2.50. The van der Waals surface area contributed by atoms with Gasteiger partial charge in [0.2, 0.25) is 0 Å². The van der Waals surface area contributed by atoms with E-state index in [2.05, 4.69) is 30.1 Å². The lowest BCUT2D eigenvalue weighted by Crippen LogP contribution is -2.23. The fourth-order valence-corrected chi connectivity index (χ4v) is 2.12. The van der Waals surface area contributed by atoms with Crippen molar-refractivity contribution in [2.24, 2.45) is 0 Å². The van der Waals surface area contributed by atoms with E-state index >= 15 is 0 Å². The summed E-state index contributed by atoms with van der Waals surface area (Å²) in [5.41, 5.74) is 3.38. The number of benzene rings is 1. The van der Waals surface area contributed by atoms with Gasteiger partial charge in [0, 0.05) is 24.1 Å². The molecule has 0 spiro atoms. The van der Waals surface area contributed by atoms with Crippen molar-refractivity contribution < 1.29 is 19.8 Å². The number of aryl methyl sites for hydroxylation is 1. The summed E-state index contributed by atoms with van der Waals surface area (Å²) in [6, 6.07) is 6.33. The van der Waals surface area contributed by atoms with E-state index in [1.54, 1.807) is 7.05 Å². The molecule has 0 unspecified atom stereocenters. The summed E-state index contributed by atoms with van der Waals surface area (Å²) >= 11 is 0. The summed E-state index contributed by atoms with van der Waals surface area (Å²) in [6.07, 6.45) is 3.14. The molecule has 21 heavy (non-hydrogen) atoms. The van der Waals surface area contributed by atoms with Crippen LogP contribution >= 0.6 is 0 Å². The second kappa shape index (κ2) is 7.94. The molecule has 1 aromatic heterocycles. The third-order valence-corrected chi connectivity index (χ3v) is 3.10. The fourth-order valence-electron chi connectivity index (χ4n) is 2.12. The first kappa shape index (κ1) is 16.6. The van der Waals surface area contributed by atoms with E-state index in [1.807, 2.05) is 6.20 Å². The van der Waals surface area contributed by atoms with Crippen LogP contribution in [0, 0.1) is 0 Å². The molecule has 0 aliphatic heterocycles. The molecule has 6 heteroatoms. The highest BCUT2D eigenvalue weighted by molar-refractivity contribution is 5.84. The molecule has 114 valence electrons. The quantitative estimate of drug-likeness (QED) is 0.755. The van der Waals surface area contributed by atoms with Crippen molar-refractivity contribution in [1.29, 1.82) is 0 Å². The Balaban J connectivity index is 0.000000677. The van der Waals surface area contributed by atoms with E-state index < -0.39 is 6.09 Å². The Kier molecular flexibility index (Phi) is 6.26. The van der Waals surface area contributed by atoms with Crippen molar-refractivity contribution in [1.82, 2.24) is 9.88 Å². The van der Waals surface area contributed by atoms with Crippen LogP contribution in [-0.4, -0.2) is 39.7 Å². The molecule has 0 fully saturated rings. The number of amides is 1. The summed E-state index contributed by atoms with van der Waals surface area (Å²) in [5.74, 6) is 0. The zero-order valence-corrected chi connectivity index (χ0v) is 12.2. The average molecular weight is 292 g/mol. The predicted octanol–water partition coefficient (Wildman–Crippen LogP) is 2.93. The van der Waals surface area contributed by atoms with Crippen LogP contribution in [0.25, 0.3) is 10.9 Å². The standard InChI is InChI=1S/C14H18N2O2.CH2O2/c1-3-4-10-5-6-13-12(7-10)11(8-15-13)9-16(2)14(17)18;2-1-3/h5-8,15H,3-4,9H2,1-2H3,(H,17,18);1H,(H,2,3).